The number of carboxylic acid groups (broad SMARTS) is 1. The van der Waals surface area contributed by atoms with Crippen molar-refractivity contribution in [3.63, 3.8) is 0 Å². The van der Waals surface area contributed by atoms with Gasteiger partial charge in [-0.25, -0.2) is 4.79 Å². The molecular weight excluding hydrogens is 444 g/mol. The van der Waals surface area contributed by atoms with Crippen LogP contribution in [0.15, 0.2) is 54.6 Å². The zero-order valence-corrected chi connectivity index (χ0v) is 18.8. The predicted octanol–water partition coefficient (Wildman–Crippen LogP) is 5.27. The van der Waals surface area contributed by atoms with Gasteiger partial charge in [0.05, 0.1) is 11.4 Å². The minimum absolute atomic E-state index is 0.105. The van der Waals surface area contributed by atoms with Crippen molar-refractivity contribution in [3.05, 3.63) is 81.9 Å². The highest BCUT2D eigenvalue weighted by molar-refractivity contribution is 6.31. The van der Waals surface area contributed by atoms with Gasteiger partial charge in [0.25, 0.3) is 0 Å². The summed E-state index contributed by atoms with van der Waals surface area (Å²) in [4.78, 5) is 23.2. The van der Waals surface area contributed by atoms with Crippen molar-refractivity contribution >= 4 is 29.2 Å². The molecule has 0 spiro atoms. The molecule has 0 aliphatic carbocycles. The summed E-state index contributed by atoms with van der Waals surface area (Å²) >= 11 is 6.08. The van der Waals surface area contributed by atoms with Gasteiger partial charge < -0.3 is 19.9 Å². The van der Waals surface area contributed by atoms with E-state index in [1.807, 2.05) is 25.1 Å². The smallest absolute Gasteiger partial charge is 0.341 e. The lowest BCUT2D eigenvalue weighted by molar-refractivity contribution is -0.139. The van der Waals surface area contributed by atoms with Gasteiger partial charge in [0, 0.05) is 5.69 Å². The lowest BCUT2D eigenvalue weighted by Gasteiger charge is -2.13. The van der Waals surface area contributed by atoms with E-state index in [1.165, 1.54) is 0 Å². The van der Waals surface area contributed by atoms with Crippen molar-refractivity contribution in [2.75, 3.05) is 11.9 Å². The number of aliphatic carboxylic acids is 1. The monoisotopic (exact) mass is 464 g/mol. The summed E-state index contributed by atoms with van der Waals surface area (Å²) in [5.41, 5.74) is 3.16. The molecule has 0 aliphatic rings. The quantitative estimate of drug-likeness (QED) is 0.470. The van der Waals surface area contributed by atoms with E-state index in [1.54, 1.807) is 49.4 Å². The Kier molecular flexibility index (Phi) is 7.54. The summed E-state index contributed by atoms with van der Waals surface area (Å²) in [7, 11) is 0. The van der Waals surface area contributed by atoms with Crippen LogP contribution in [0.3, 0.4) is 0 Å². The molecule has 3 aromatic rings. The van der Waals surface area contributed by atoms with E-state index in [0.29, 0.717) is 28.0 Å². The summed E-state index contributed by atoms with van der Waals surface area (Å²) < 4.78 is 11.1. The first-order valence-electron chi connectivity index (χ1n) is 9.98. The van der Waals surface area contributed by atoms with Gasteiger partial charge >= 0.3 is 5.97 Å². The molecule has 3 aromatic carbocycles. The lowest BCUT2D eigenvalue weighted by Crippen LogP contribution is -2.15. The third-order valence-corrected chi connectivity index (χ3v) is 5.07. The highest BCUT2D eigenvalue weighted by Crippen LogP contribution is 2.32. The zero-order chi connectivity index (χ0) is 24.0. The average Bonchev–Trinajstić information content (AvgIpc) is 2.76. The van der Waals surface area contributed by atoms with Crippen molar-refractivity contribution in [3.8, 4) is 23.3 Å². The molecule has 0 fully saturated rings. The van der Waals surface area contributed by atoms with Crippen LogP contribution in [-0.2, 0) is 16.0 Å². The first kappa shape index (κ1) is 23.6. The van der Waals surface area contributed by atoms with E-state index in [9.17, 15) is 14.9 Å². The maximum atomic E-state index is 12.6. The molecule has 0 aromatic heterocycles. The van der Waals surface area contributed by atoms with Crippen molar-refractivity contribution in [2.45, 2.75) is 20.3 Å². The van der Waals surface area contributed by atoms with Gasteiger partial charge in [0.1, 0.15) is 28.9 Å². The standard InChI is InChI=1S/C25H21ClN2O5/c1-15-6-7-17(11-23(15)33-22-5-3-4-20(26)19(22)13-27)12-24(29)28-21-9-8-18(10-16(21)2)32-14-25(30)31/h3-11H,12,14H2,1-2H3,(H,28,29)(H,30,31). The van der Waals surface area contributed by atoms with Gasteiger partial charge in [0.15, 0.2) is 6.61 Å². The van der Waals surface area contributed by atoms with Gasteiger partial charge in [0.2, 0.25) is 5.91 Å². The van der Waals surface area contributed by atoms with E-state index < -0.39 is 12.6 Å². The van der Waals surface area contributed by atoms with Crippen LogP contribution in [0.1, 0.15) is 22.3 Å². The molecule has 0 aliphatic heterocycles. The van der Waals surface area contributed by atoms with Crippen LogP contribution in [0, 0.1) is 25.2 Å². The second-order valence-electron chi connectivity index (χ2n) is 7.31. The Hall–Kier alpha value is -4.02. The molecule has 3 rings (SSSR count). The van der Waals surface area contributed by atoms with E-state index in [-0.39, 0.29) is 17.9 Å². The van der Waals surface area contributed by atoms with Gasteiger partial charge in [-0.1, -0.05) is 29.8 Å². The predicted molar refractivity (Wildman–Crippen MR) is 124 cm³/mol. The Balaban J connectivity index is 1.70. The van der Waals surface area contributed by atoms with Crippen LogP contribution in [0.2, 0.25) is 5.02 Å². The molecular formula is C25H21ClN2O5. The van der Waals surface area contributed by atoms with Gasteiger partial charge in [-0.2, -0.15) is 5.26 Å². The molecule has 33 heavy (non-hydrogen) atoms. The topological polar surface area (TPSA) is 109 Å². The van der Waals surface area contributed by atoms with Crippen molar-refractivity contribution in [1.29, 1.82) is 5.26 Å². The number of halogens is 1. The minimum atomic E-state index is -1.06. The molecule has 0 bridgehead atoms. The number of hydrogen-bond acceptors (Lipinski definition) is 5. The van der Waals surface area contributed by atoms with Gasteiger partial charge in [-0.3, -0.25) is 4.79 Å². The number of amides is 1. The number of nitrogens with one attached hydrogen (secondary N) is 1. The Bertz CT molecular complexity index is 1250. The van der Waals surface area contributed by atoms with Crippen molar-refractivity contribution in [1.82, 2.24) is 0 Å². The summed E-state index contributed by atoms with van der Waals surface area (Å²) in [5, 5.41) is 21.2. The Morgan fingerprint density at radius 1 is 1.06 bits per heavy atom. The summed E-state index contributed by atoms with van der Waals surface area (Å²) in [6.07, 6.45) is 0.105. The number of hydrogen-bond donors (Lipinski definition) is 2. The molecule has 0 heterocycles. The molecule has 168 valence electrons. The number of carboxylic acids is 1. The summed E-state index contributed by atoms with van der Waals surface area (Å²) in [6, 6.07) is 17.4. The molecule has 0 unspecified atom stereocenters. The van der Waals surface area contributed by atoms with Crippen LogP contribution in [-0.4, -0.2) is 23.6 Å². The van der Waals surface area contributed by atoms with E-state index >= 15 is 0 Å². The lowest BCUT2D eigenvalue weighted by atomic mass is 10.1. The summed E-state index contributed by atoms with van der Waals surface area (Å²) in [5.74, 6) is -0.0186. The van der Waals surface area contributed by atoms with Gasteiger partial charge in [-0.15, -0.1) is 0 Å². The number of anilines is 1. The first-order chi connectivity index (χ1) is 15.8. The number of benzene rings is 3. The fraction of sp³-hybridized carbons (Fsp3) is 0.160. The number of nitriles is 1. The first-order valence-corrected chi connectivity index (χ1v) is 10.4. The maximum Gasteiger partial charge on any atom is 0.341 e. The average molecular weight is 465 g/mol. The molecule has 0 atom stereocenters. The molecule has 0 saturated carbocycles. The SMILES string of the molecule is Cc1cc(OCC(=O)O)ccc1NC(=O)Cc1ccc(C)c(Oc2cccc(Cl)c2C#N)c1. The number of aryl methyl sites for hydroxylation is 2. The normalized spacial score (nSPS) is 10.2. The number of nitrogens with zero attached hydrogens (tertiary/aromatic N) is 1. The molecule has 8 heteroatoms. The number of rotatable bonds is 8. The maximum absolute atomic E-state index is 12.6. The zero-order valence-electron chi connectivity index (χ0n) is 18.0. The Morgan fingerprint density at radius 2 is 1.85 bits per heavy atom. The second-order valence-corrected chi connectivity index (χ2v) is 7.72. The molecule has 1 amide bonds. The molecule has 0 radical (unpaired) electrons. The van der Waals surface area contributed by atoms with Crippen LogP contribution in [0.25, 0.3) is 0 Å². The van der Waals surface area contributed by atoms with Crippen LogP contribution >= 0.6 is 11.6 Å². The molecule has 0 saturated heterocycles. The van der Waals surface area contributed by atoms with Crippen LogP contribution in [0.5, 0.6) is 17.2 Å². The summed E-state index contributed by atoms with van der Waals surface area (Å²) in [6.45, 7) is 3.22. The fourth-order valence-corrected chi connectivity index (χ4v) is 3.28. The van der Waals surface area contributed by atoms with Crippen molar-refractivity contribution in [2.24, 2.45) is 0 Å². The Morgan fingerprint density at radius 3 is 2.55 bits per heavy atom. The number of carbonyl (C=O) groups is 2. The van der Waals surface area contributed by atoms with Crippen LogP contribution in [0.4, 0.5) is 5.69 Å². The number of carbonyl (C=O) groups excluding carboxylic acids is 1. The van der Waals surface area contributed by atoms with E-state index in [0.717, 1.165) is 16.7 Å². The minimum Gasteiger partial charge on any atom is -0.482 e. The second kappa shape index (κ2) is 10.5. The molecule has 2 N–H and O–H groups in total. The third kappa shape index (κ3) is 6.25. The third-order valence-electron chi connectivity index (χ3n) is 4.76. The Labute approximate surface area is 196 Å². The van der Waals surface area contributed by atoms with Crippen molar-refractivity contribution < 1.29 is 24.2 Å². The molecule has 7 nitrogen and oxygen atoms in total. The number of ether oxygens (including phenoxy) is 2. The largest absolute Gasteiger partial charge is 0.482 e. The van der Waals surface area contributed by atoms with E-state index in [2.05, 4.69) is 5.32 Å². The van der Waals surface area contributed by atoms with E-state index in [4.69, 9.17) is 26.2 Å². The van der Waals surface area contributed by atoms with Gasteiger partial charge in [-0.05, 0) is 66.9 Å². The van der Waals surface area contributed by atoms with Crippen LogP contribution < -0.4 is 14.8 Å². The fourth-order valence-electron chi connectivity index (χ4n) is 3.07. The highest BCUT2D eigenvalue weighted by atomic mass is 35.5. The highest BCUT2D eigenvalue weighted by Gasteiger charge is 2.13.